The van der Waals surface area contributed by atoms with Gasteiger partial charge < -0.3 is 9.47 Å². The lowest BCUT2D eigenvalue weighted by Crippen LogP contribution is -2.42. The third-order valence-corrected chi connectivity index (χ3v) is 3.85. The van der Waals surface area contributed by atoms with Gasteiger partial charge in [-0.1, -0.05) is 13.8 Å². The van der Waals surface area contributed by atoms with E-state index in [-0.39, 0.29) is 23.0 Å². The summed E-state index contributed by atoms with van der Waals surface area (Å²) in [7, 11) is -1.17. The van der Waals surface area contributed by atoms with Crippen LogP contribution in [0.5, 0.6) is 11.5 Å². The highest BCUT2D eigenvalue weighted by Crippen LogP contribution is 2.27. The summed E-state index contributed by atoms with van der Waals surface area (Å²) in [4.78, 5) is 13.4. The van der Waals surface area contributed by atoms with Gasteiger partial charge in [-0.15, -0.1) is 4.83 Å². The first-order valence-electron chi connectivity index (χ1n) is 6.32. The molecule has 2 N–H and O–H groups in total. The van der Waals surface area contributed by atoms with Crippen molar-refractivity contribution in [1.82, 2.24) is 10.3 Å². The highest BCUT2D eigenvalue weighted by molar-refractivity contribution is 7.89. The molecule has 0 atom stereocenters. The van der Waals surface area contributed by atoms with Gasteiger partial charge in [0.1, 0.15) is 16.4 Å². The molecule has 0 aliphatic rings. The first kappa shape index (κ1) is 17.3. The zero-order valence-electron chi connectivity index (χ0n) is 12.5. The number of amides is 1. The molecule has 0 radical (unpaired) electrons. The van der Waals surface area contributed by atoms with Crippen molar-refractivity contribution >= 4 is 15.9 Å². The average molecular weight is 316 g/mol. The smallest absolute Gasteiger partial charge is 0.261 e. The number of carbonyl (C=O) groups excluding carboxylic acids is 1. The molecule has 1 aromatic rings. The zero-order chi connectivity index (χ0) is 16.0. The summed E-state index contributed by atoms with van der Waals surface area (Å²) in [5, 5.41) is 0. The number of hydrazine groups is 1. The first-order chi connectivity index (χ1) is 9.80. The average Bonchev–Trinajstić information content (AvgIpc) is 2.44. The van der Waals surface area contributed by atoms with Gasteiger partial charge in [0.25, 0.3) is 10.0 Å². The molecule has 118 valence electrons. The van der Waals surface area contributed by atoms with Gasteiger partial charge in [-0.3, -0.25) is 10.2 Å². The van der Waals surface area contributed by atoms with E-state index in [2.05, 4.69) is 5.43 Å². The van der Waals surface area contributed by atoms with E-state index in [1.165, 1.54) is 26.4 Å². The van der Waals surface area contributed by atoms with Crippen molar-refractivity contribution in [3.05, 3.63) is 18.2 Å². The molecule has 0 aliphatic carbocycles. The lowest BCUT2D eigenvalue weighted by Gasteiger charge is -2.13. The van der Waals surface area contributed by atoms with Crippen molar-refractivity contribution in [2.24, 2.45) is 5.92 Å². The minimum absolute atomic E-state index is 0.116. The highest BCUT2D eigenvalue weighted by atomic mass is 32.2. The number of benzene rings is 1. The minimum Gasteiger partial charge on any atom is -0.497 e. The number of ether oxygens (including phenoxy) is 2. The lowest BCUT2D eigenvalue weighted by atomic mass is 10.1. The Morgan fingerprint density at radius 3 is 2.43 bits per heavy atom. The van der Waals surface area contributed by atoms with Crippen molar-refractivity contribution in [1.29, 1.82) is 0 Å². The molecule has 0 unspecified atom stereocenters. The van der Waals surface area contributed by atoms with E-state index in [4.69, 9.17) is 9.47 Å². The molecule has 0 spiro atoms. The van der Waals surface area contributed by atoms with Crippen molar-refractivity contribution in [2.75, 3.05) is 14.2 Å². The molecule has 0 aromatic heterocycles. The van der Waals surface area contributed by atoms with Gasteiger partial charge in [-0.05, 0) is 18.1 Å². The van der Waals surface area contributed by atoms with Crippen LogP contribution >= 0.6 is 0 Å². The second-order valence-electron chi connectivity index (χ2n) is 4.77. The van der Waals surface area contributed by atoms with Gasteiger partial charge in [0.15, 0.2) is 0 Å². The molecule has 0 fully saturated rings. The van der Waals surface area contributed by atoms with Crippen LogP contribution in [0.2, 0.25) is 0 Å². The van der Waals surface area contributed by atoms with Crippen LogP contribution in [0.1, 0.15) is 20.3 Å². The number of sulfonamides is 1. The van der Waals surface area contributed by atoms with Crippen LogP contribution in [0, 0.1) is 5.92 Å². The summed E-state index contributed by atoms with van der Waals surface area (Å²) in [5.74, 6) is 0.238. The standard InChI is InChI=1S/C13H20N2O5S/c1-9(2)7-13(16)14-15-21(17,18)12-8-10(19-3)5-6-11(12)20-4/h5-6,8-9,15H,7H2,1-4H3,(H,14,16). The molecular weight excluding hydrogens is 296 g/mol. The number of nitrogens with one attached hydrogen (secondary N) is 2. The summed E-state index contributed by atoms with van der Waals surface area (Å²) in [6.45, 7) is 3.72. The minimum atomic E-state index is -3.95. The number of carbonyl (C=O) groups is 1. The van der Waals surface area contributed by atoms with E-state index in [0.717, 1.165) is 0 Å². The Morgan fingerprint density at radius 2 is 1.90 bits per heavy atom. The molecule has 8 heteroatoms. The Kier molecular flexibility index (Phi) is 5.98. The molecule has 1 rings (SSSR count). The molecule has 0 bridgehead atoms. The lowest BCUT2D eigenvalue weighted by molar-refractivity contribution is -0.122. The summed E-state index contributed by atoms with van der Waals surface area (Å²) < 4.78 is 34.4. The van der Waals surface area contributed by atoms with Gasteiger partial charge in [0, 0.05) is 12.5 Å². The summed E-state index contributed by atoms with van der Waals surface area (Å²) in [6, 6.07) is 4.37. The molecule has 21 heavy (non-hydrogen) atoms. The number of hydrogen-bond donors (Lipinski definition) is 2. The molecule has 0 aliphatic heterocycles. The molecule has 0 saturated heterocycles. The predicted molar refractivity (Wildman–Crippen MR) is 77.5 cm³/mol. The Labute approximate surface area is 124 Å². The Balaban J connectivity index is 2.94. The van der Waals surface area contributed by atoms with Crippen LogP contribution in [0.15, 0.2) is 23.1 Å². The Hall–Kier alpha value is -1.80. The van der Waals surface area contributed by atoms with Crippen molar-refractivity contribution in [3.63, 3.8) is 0 Å². The van der Waals surface area contributed by atoms with Crippen LogP contribution in [0.4, 0.5) is 0 Å². The second-order valence-corrected chi connectivity index (χ2v) is 6.42. The van der Waals surface area contributed by atoms with Gasteiger partial charge in [0.05, 0.1) is 14.2 Å². The zero-order valence-corrected chi connectivity index (χ0v) is 13.3. The third-order valence-electron chi connectivity index (χ3n) is 2.58. The number of rotatable bonds is 7. The molecule has 0 heterocycles. The van der Waals surface area contributed by atoms with E-state index in [0.29, 0.717) is 5.75 Å². The van der Waals surface area contributed by atoms with Crippen LogP contribution in [-0.2, 0) is 14.8 Å². The SMILES string of the molecule is COc1ccc(OC)c(S(=O)(=O)NNC(=O)CC(C)C)c1. The van der Waals surface area contributed by atoms with Crippen molar-refractivity contribution in [2.45, 2.75) is 25.2 Å². The second kappa shape index (κ2) is 7.28. The summed E-state index contributed by atoms with van der Waals surface area (Å²) in [6.07, 6.45) is 0.220. The van der Waals surface area contributed by atoms with Gasteiger partial charge >= 0.3 is 0 Å². The number of hydrogen-bond acceptors (Lipinski definition) is 5. The maximum Gasteiger partial charge on any atom is 0.261 e. The first-order valence-corrected chi connectivity index (χ1v) is 7.81. The Bertz CT molecular complexity index is 599. The van der Waals surface area contributed by atoms with E-state index in [9.17, 15) is 13.2 Å². The van der Waals surface area contributed by atoms with Crippen LogP contribution in [0.25, 0.3) is 0 Å². The fraction of sp³-hybridized carbons (Fsp3) is 0.462. The highest BCUT2D eigenvalue weighted by Gasteiger charge is 2.21. The van der Waals surface area contributed by atoms with Crippen molar-refractivity contribution in [3.8, 4) is 11.5 Å². The van der Waals surface area contributed by atoms with E-state index >= 15 is 0 Å². The maximum absolute atomic E-state index is 12.2. The normalized spacial score (nSPS) is 11.3. The van der Waals surface area contributed by atoms with Crippen LogP contribution in [0.3, 0.4) is 0 Å². The molecule has 7 nitrogen and oxygen atoms in total. The quantitative estimate of drug-likeness (QED) is 0.734. The monoisotopic (exact) mass is 316 g/mol. The van der Waals surface area contributed by atoms with Gasteiger partial charge in [0.2, 0.25) is 5.91 Å². The van der Waals surface area contributed by atoms with Crippen LogP contribution in [-0.4, -0.2) is 28.5 Å². The molecule has 1 amide bonds. The fourth-order valence-corrected chi connectivity index (χ4v) is 2.64. The van der Waals surface area contributed by atoms with E-state index < -0.39 is 15.9 Å². The largest absolute Gasteiger partial charge is 0.497 e. The third kappa shape index (κ3) is 4.91. The topological polar surface area (TPSA) is 93.7 Å². The van der Waals surface area contributed by atoms with Gasteiger partial charge in [-0.25, -0.2) is 8.42 Å². The molecular formula is C13H20N2O5S. The maximum atomic E-state index is 12.2. The summed E-state index contributed by atoms with van der Waals surface area (Å²) in [5.41, 5.74) is 2.17. The van der Waals surface area contributed by atoms with E-state index in [1.54, 1.807) is 6.07 Å². The fourth-order valence-electron chi connectivity index (χ4n) is 1.59. The van der Waals surface area contributed by atoms with E-state index in [1.807, 2.05) is 18.7 Å². The van der Waals surface area contributed by atoms with Crippen molar-refractivity contribution < 1.29 is 22.7 Å². The predicted octanol–water partition coefficient (Wildman–Crippen LogP) is 1.06. The summed E-state index contributed by atoms with van der Waals surface area (Å²) >= 11 is 0. The molecule has 0 saturated carbocycles. The number of methoxy groups -OCH3 is 2. The van der Waals surface area contributed by atoms with Crippen LogP contribution < -0.4 is 19.7 Å². The molecule has 1 aromatic carbocycles. The van der Waals surface area contributed by atoms with Gasteiger partial charge in [-0.2, -0.15) is 0 Å². The Morgan fingerprint density at radius 1 is 1.24 bits per heavy atom.